The van der Waals surface area contributed by atoms with Crippen molar-refractivity contribution in [3.63, 3.8) is 0 Å². The fourth-order valence-electron chi connectivity index (χ4n) is 5.95. The smallest absolute Gasteiger partial charge is 0.410 e. The number of carbonyl (C=O) groups is 4. The van der Waals surface area contributed by atoms with E-state index in [0.717, 1.165) is 11.4 Å². The Morgan fingerprint density at radius 1 is 0.576 bits per heavy atom. The Balaban J connectivity index is 0.000000660. The Morgan fingerprint density at radius 2 is 0.864 bits per heavy atom. The van der Waals surface area contributed by atoms with Crippen LogP contribution in [0.2, 0.25) is 36.3 Å². The highest BCUT2D eigenvalue weighted by Crippen LogP contribution is 2.39. The summed E-state index contributed by atoms with van der Waals surface area (Å²) in [6, 6.07) is -0.389. The van der Waals surface area contributed by atoms with E-state index in [1.54, 1.807) is 23.9 Å². The second kappa shape index (κ2) is 24.6. The quantitative estimate of drug-likeness (QED) is 0.0792. The summed E-state index contributed by atoms with van der Waals surface area (Å²) in [5.74, 6) is -0.503. The Morgan fingerprint density at radius 3 is 1.09 bits per heavy atom. The Labute approximate surface area is 408 Å². The molecule has 0 aromatic carbocycles. The summed E-state index contributed by atoms with van der Waals surface area (Å²) in [6.45, 7) is 44.9. The number of carbonyl (C=O) groups excluding carboxylic acids is 4. The molecule has 0 saturated heterocycles. The number of hydrogen-bond acceptors (Lipinski definition) is 14. The van der Waals surface area contributed by atoms with Crippen molar-refractivity contribution in [1.29, 1.82) is 0 Å². The van der Waals surface area contributed by atoms with Crippen LogP contribution in [0.5, 0.6) is 0 Å². The summed E-state index contributed by atoms with van der Waals surface area (Å²) in [5.41, 5.74) is 0.490. The van der Waals surface area contributed by atoms with Crippen LogP contribution in [0.3, 0.4) is 0 Å². The first-order valence-electron chi connectivity index (χ1n) is 23.1. The third-order valence-corrected chi connectivity index (χ3v) is 22.8. The lowest BCUT2D eigenvalue weighted by molar-refractivity contribution is -0.149. The molecule has 0 fully saturated rings. The standard InChI is InChI=1S/2C24H44N2O5SSi/c2*1-16(2)19(26(10)22(28)31-23(4,5)6)13-20(30-17(3)27)21-25-18(15-32-21)14-29-33(11,12)24(7,8)9/h2*15-16,19-20H,13-14H2,1-12H3/t2*19?,20-/m10/s1. The molecule has 2 aromatic heterocycles. The normalized spacial score (nSPS) is 14.7. The van der Waals surface area contributed by atoms with Gasteiger partial charge in [0.05, 0.1) is 24.6 Å². The van der Waals surface area contributed by atoms with Crippen LogP contribution in [-0.4, -0.2) is 97.9 Å². The first-order chi connectivity index (χ1) is 29.7. The van der Waals surface area contributed by atoms with Gasteiger partial charge in [0.15, 0.2) is 28.8 Å². The van der Waals surface area contributed by atoms with Gasteiger partial charge < -0.3 is 37.6 Å². The van der Waals surface area contributed by atoms with Crippen LogP contribution in [-0.2, 0) is 50.6 Å². The molecule has 2 rings (SSSR count). The second-order valence-corrected chi connectivity index (χ2v) is 34.3. The van der Waals surface area contributed by atoms with Gasteiger partial charge in [-0.15, -0.1) is 22.7 Å². The van der Waals surface area contributed by atoms with E-state index < -0.39 is 52.2 Å². The number of aromatic nitrogens is 2. The monoisotopic (exact) mass is 1000 g/mol. The van der Waals surface area contributed by atoms with Crippen molar-refractivity contribution < 1.29 is 47.0 Å². The van der Waals surface area contributed by atoms with Gasteiger partial charge >= 0.3 is 24.1 Å². The van der Waals surface area contributed by atoms with E-state index in [9.17, 15) is 19.2 Å². The fraction of sp³-hybridized carbons (Fsp3) is 0.792. The first kappa shape index (κ1) is 61.1. The van der Waals surface area contributed by atoms with Crippen molar-refractivity contribution in [3.8, 4) is 0 Å². The molecule has 0 aliphatic rings. The van der Waals surface area contributed by atoms with Gasteiger partial charge in [-0.1, -0.05) is 69.2 Å². The number of ether oxygens (including phenoxy) is 4. The maximum Gasteiger partial charge on any atom is 0.410 e. The fourth-order valence-corrected chi connectivity index (χ4v) is 9.52. The summed E-state index contributed by atoms with van der Waals surface area (Å²) >= 11 is 2.91. The zero-order valence-corrected chi connectivity index (χ0v) is 48.8. The third kappa shape index (κ3) is 20.8. The average molecular weight is 1000 g/mol. The Bertz CT molecular complexity index is 1720. The van der Waals surface area contributed by atoms with E-state index in [1.165, 1.54) is 36.5 Å². The van der Waals surface area contributed by atoms with E-state index in [0.29, 0.717) is 36.1 Å². The van der Waals surface area contributed by atoms with Crippen molar-refractivity contribution in [2.75, 3.05) is 14.1 Å². The molecule has 0 radical (unpaired) electrons. The maximum absolute atomic E-state index is 12.7. The predicted octanol–water partition coefficient (Wildman–Crippen LogP) is 13.1. The Hall–Kier alpha value is -2.91. The highest BCUT2D eigenvalue weighted by molar-refractivity contribution is 7.10. The van der Waals surface area contributed by atoms with Gasteiger partial charge in [0, 0.05) is 63.6 Å². The van der Waals surface area contributed by atoms with Crippen LogP contribution in [0.1, 0.15) is 171 Å². The molecule has 4 atom stereocenters. The molecule has 2 unspecified atom stereocenters. The zero-order chi connectivity index (χ0) is 51.6. The summed E-state index contributed by atoms with van der Waals surface area (Å²) in [4.78, 5) is 61.8. The molecule has 18 heteroatoms. The number of hydrogen-bond donors (Lipinski definition) is 0. The summed E-state index contributed by atoms with van der Waals surface area (Å²) < 4.78 is 35.0. The highest BCUT2D eigenvalue weighted by Gasteiger charge is 2.39. The molecule has 2 aromatic rings. The van der Waals surface area contributed by atoms with E-state index >= 15 is 0 Å². The van der Waals surface area contributed by atoms with Gasteiger partial charge in [-0.2, -0.15) is 0 Å². The van der Waals surface area contributed by atoms with E-state index in [2.05, 4.69) is 67.7 Å². The summed E-state index contributed by atoms with van der Waals surface area (Å²) in [7, 11) is -0.346. The minimum absolute atomic E-state index is 0.114. The molecule has 0 aliphatic heterocycles. The van der Waals surface area contributed by atoms with Gasteiger partial charge in [-0.3, -0.25) is 9.59 Å². The van der Waals surface area contributed by atoms with Crippen molar-refractivity contribution in [2.45, 2.75) is 222 Å². The highest BCUT2D eigenvalue weighted by atomic mass is 32.1. The maximum atomic E-state index is 12.7. The topological polar surface area (TPSA) is 156 Å². The number of nitrogens with zero attached hydrogens (tertiary/aromatic N) is 4. The van der Waals surface area contributed by atoms with Crippen molar-refractivity contribution >= 4 is 63.4 Å². The number of rotatable bonds is 18. The summed E-state index contributed by atoms with van der Waals surface area (Å²) in [6.07, 6.45) is -1.03. The van der Waals surface area contributed by atoms with Crippen LogP contribution in [0, 0.1) is 11.8 Å². The molecule has 66 heavy (non-hydrogen) atoms. The van der Waals surface area contributed by atoms with Gasteiger partial charge in [-0.05, 0) is 89.6 Å². The molecule has 2 heterocycles. The van der Waals surface area contributed by atoms with Crippen LogP contribution >= 0.6 is 22.7 Å². The Kier molecular flexibility index (Phi) is 22.8. The first-order valence-corrected chi connectivity index (χ1v) is 30.7. The molecule has 0 saturated carbocycles. The molecule has 2 amide bonds. The van der Waals surface area contributed by atoms with Crippen LogP contribution in [0.15, 0.2) is 10.8 Å². The molecule has 0 N–H and O–H groups in total. The summed E-state index contributed by atoms with van der Waals surface area (Å²) in [5, 5.41) is 5.57. The van der Waals surface area contributed by atoms with Crippen molar-refractivity contribution in [2.24, 2.45) is 11.8 Å². The van der Waals surface area contributed by atoms with Crippen molar-refractivity contribution in [1.82, 2.24) is 19.8 Å². The zero-order valence-electron chi connectivity index (χ0n) is 45.1. The van der Waals surface area contributed by atoms with Gasteiger partial charge in [0.1, 0.15) is 21.2 Å². The number of thiazole rings is 2. The van der Waals surface area contributed by atoms with Gasteiger partial charge in [0.25, 0.3) is 0 Å². The van der Waals surface area contributed by atoms with E-state index in [-0.39, 0.29) is 45.9 Å². The number of amides is 2. The molecular formula is C48H88N4O10S2Si2. The van der Waals surface area contributed by atoms with Crippen LogP contribution < -0.4 is 0 Å². The molecule has 14 nitrogen and oxygen atoms in total. The second-order valence-electron chi connectivity index (χ2n) is 22.9. The lowest BCUT2D eigenvalue weighted by atomic mass is 9.96. The third-order valence-electron chi connectivity index (χ3n) is 11.9. The average Bonchev–Trinajstić information content (AvgIpc) is 3.80. The van der Waals surface area contributed by atoms with Crippen LogP contribution in [0.4, 0.5) is 9.59 Å². The minimum Gasteiger partial charge on any atom is -0.455 e. The predicted molar refractivity (Wildman–Crippen MR) is 272 cm³/mol. The van der Waals surface area contributed by atoms with Gasteiger partial charge in [0.2, 0.25) is 0 Å². The minimum atomic E-state index is -1.90. The molecule has 0 spiro atoms. The molecule has 0 aliphatic carbocycles. The molecule has 380 valence electrons. The van der Waals surface area contributed by atoms with Crippen molar-refractivity contribution in [3.05, 3.63) is 32.2 Å². The number of esters is 2. The lowest BCUT2D eigenvalue weighted by Crippen LogP contribution is -2.44. The largest absolute Gasteiger partial charge is 0.455 e. The van der Waals surface area contributed by atoms with Gasteiger partial charge in [-0.25, -0.2) is 19.6 Å². The van der Waals surface area contributed by atoms with E-state index in [4.69, 9.17) is 37.8 Å². The van der Waals surface area contributed by atoms with Crippen LogP contribution in [0.25, 0.3) is 0 Å². The SMILES string of the molecule is CC(=O)O[C@@H](CC(C(C)C)N(C)C(=O)OC(C)(C)C)c1nc(CO[Si](C)(C)C(C)(C)C)cs1.CC(=O)O[C@H](CC(C(C)C)N(C)C(=O)OC(C)(C)C)c1nc(CO[Si](C)(C)C(C)(C)C)cs1. The molecule has 0 bridgehead atoms. The lowest BCUT2D eigenvalue weighted by Gasteiger charge is -2.35. The van der Waals surface area contributed by atoms with E-state index in [1.807, 2.05) is 80.0 Å². The molecular weight excluding hydrogens is 913 g/mol.